The second-order valence-electron chi connectivity index (χ2n) is 18.9. The van der Waals surface area contributed by atoms with Gasteiger partial charge in [0.25, 0.3) is 0 Å². The van der Waals surface area contributed by atoms with Gasteiger partial charge in [0.2, 0.25) is 0 Å². The third kappa shape index (κ3) is 53.5. The molecule has 0 aliphatic heterocycles. The minimum atomic E-state index is 0.0341. The summed E-state index contributed by atoms with van der Waals surface area (Å²) in [6.45, 7) is 5.24. The summed E-state index contributed by atoms with van der Waals surface area (Å²) in [7, 11) is 0. The van der Waals surface area contributed by atoms with E-state index in [4.69, 9.17) is 4.74 Å². The molecule has 0 aromatic rings. The van der Waals surface area contributed by atoms with Crippen LogP contribution in [-0.4, -0.2) is 12.6 Å². The molecule has 2 heteroatoms. The first-order valence-corrected chi connectivity index (χ1v) is 27.5. The molecule has 0 amide bonds. The summed E-state index contributed by atoms with van der Waals surface area (Å²) in [6.07, 6.45) is 71.3. The van der Waals surface area contributed by atoms with Crippen LogP contribution in [0.5, 0.6) is 0 Å². The Hall–Kier alpha value is -0.530. The summed E-state index contributed by atoms with van der Waals surface area (Å²) in [5.41, 5.74) is 0. The van der Waals surface area contributed by atoms with Crippen molar-refractivity contribution in [2.75, 3.05) is 6.61 Å². The first kappa shape index (κ1) is 56.5. The summed E-state index contributed by atoms with van der Waals surface area (Å²) in [5.74, 6) is 0.0341. The van der Waals surface area contributed by atoms with Crippen LogP contribution in [0.1, 0.15) is 341 Å². The lowest BCUT2D eigenvalue weighted by Crippen LogP contribution is -2.05. The lowest BCUT2D eigenvalue weighted by Gasteiger charge is -2.06. The SMILES string of the molecule is CCCCCCCCCCCCCCCCCCCCCCCCCCCCCCCCCCCCC(=O)OCCCCCCCCCCCCCCCCCC. The van der Waals surface area contributed by atoms with E-state index >= 15 is 0 Å². The molecule has 0 aliphatic carbocycles. The molecule has 0 saturated carbocycles. The van der Waals surface area contributed by atoms with Crippen LogP contribution in [0.3, 0.4) is 0 Å². The molecule has 0 unspecified atom stereocenters. The Kier molecular flexibility index (Phi) is 53.0. The fourth-order valence-electron chi connectivity index (χ4n) is 8.91. The van der Waals surface area contributed by atoms with Gasteiger partial charge in [0.05, 0.1) is 6.61 Å². The zero-order valence-corrected chi connectivity index (χ0v) is 40.1. The van der Waals surface area contributed by atoms with Gasteiger partial charge in [-0.2, -0.15) is 0 Å². The van der Waals surface area contributed by atoms with Crippen molar-refractivity contribution >= 4 is 5.97 Å². The molecule has 57 heavy (non-hydrogen) atoms. The summed E-state index contributed by atoms with van der Waals surface area (Å²) in [6, 6.07) is 0. The minimum Gasteiger partial charge on any atom is -0.466 e. The molecular formula is C55H110O2. The minimum absolute atomic E-state index is 0.0341. The molecule has 0 bridgehead atoms. The number of esters is 1. The molecular weight excluding hydrogens is 693 g/mol. The maximum atomic E-state index is 12.1. The molecule has 0 aliphatic rings. The zero-order valence-electron chi connectivity index (χ0n) is 40.1. The van der Waals surface area contributed by atoms with Crippen molar-refractivity contribution in [1.82, 2.24) is 0 Å². The van der Waals surface area contributed by atoms with E-state index in [1.807, 2.05) is 0 Å². The van der Waals surface area contributed by atoms with Gasteiger partial charge in [-0.15, -0.1) is 0 Å². The molecule has 0 saturated heterocycles. The molecule has 0 radical (unpaired) electrons. The lowest BCUT2D eigenvalue weighted by molar-refractivity contribution is -0.143. The second-order valence-corrected chi connectivity index (χ2v) is 18.9. The molecule has 0 heterocycles. The average Bonchev–Trinajstić information content (AvgIpc) is 3.22. The van der Waals surface area contributed by atoms with Gasteiger partial charge in [-0.05, 0) is 12.8 Å². The monoisotopic (exact) mass is 803 g/mol. The van der Waals surface area contributed by atoms with Crippen molar-refractivity contribution in [3.8, 4) is 0 Å². The van der Waals surface area contributed by atoms with Crippen LogP contribution in [-0.2, 0) is 9.53 Å². The van der Waals surface area contributed by atoms with E-state index in [0.29, 0.717) is 13.0 Å². The van der Waals surface area contributed by atoms with Crippen molar-refractivity contribution in [2.45, 2.75) is 341 Å². The maximum absolute atomic E-state index is 12.1. The Balaban J connectivity index is 3.13. The van der Waals surface area contributed by atoms with Gasteiger partial charge in [0, 0.05) is 6.42 Å². The van der Waals surface area contributed by atoms with E-state index in [1.165, 1.54) is 308 Å². The molecule has 0 N–H and O–H groups in total. The number of ether oxygens (including phenoxy) is 1. The predicted octanol–water partition coefficient (Wildman–Crippen LogP) is 20.5. The molecule has 0 atom stereocenters. The summed E-state index contributed by atoms with van der Waals surface area (Å²) in [5, 5.41) is 0. The van der Waals surface area contributed by atoms with E-state index in [2.05, 4.69) is 13.8 Å². The average molecular weight is 803 g/mol. The number of carbonyl (C=O) groups excluding carboxylic acids is 1. The van der Waals surface area contributed by atoms with E-state index < -0.39 is 0 Å². The largest absolute Gasteiger partial charge is 0.466 e. The van der Waals surface area contributed by atoms with Crippen molar-refractivity contribution in [3.63, 3.8) is 0 Å². The van der Waals surface area contributed by atoms with Crippen molar-refractivity contribution < 1.29 is 9.53 Å². The smallest absolute Gasteiger partial charge is 0.305 e. The van der Waals surface area contributed by atoms with Gasteiger partial charge in [-0.1, -0.05) is 322 Å². The molecule has 0 spiro atoms. The molecule has 342 valence electrons. The van der Waals surface area contributed by atoms with Crippen molar-refractivity contribution in [1.29, 1.82) is 0 Å². The Morgan fingerprint density at radius 1 is 0.228 bits per heavy atom. The van der Waals surface area contributed by atoms with Crippen LogP contribution in [0.15, 0.2) is 0 Å². The highest BCUT2D eigenvalue weighted by atomic mass is 16.5. The molecule has 2 nitrogen and oxygen atoms in total. The van der Waals surface area contributed by atoms with Crippen LogP contribution < -0.4 is 0 Å². The number of rotatable bonds is 52. The normalized spacial score (nSPS) is 11.5. The summed E-state index contributed by atoms with van der Waals surface area (Å²) >= 11 is 0. The number of hydrogen-bond donors (Lipinski definition) is 0. The highest BCUT2D eigenvalue weighted by molar-refractivity contribution is 5.69. The lowest BCUT2D eigenvalue weighted by atomic mass is 10.0. The van der Waals surface area contributed by atoms with Gasteiger partial charge in [0.1, 0.15) is 0 Å². The molecule has 0 aromatic heterocycles. The highest BCUT2D eigenvalue weighted by Gasteiger charge is 2.03. The standard InChI is InChI=1S/C55H110O2/c1-3-5-7-9-11-13-15-17-19-21-22-23-24-25-26-27-28-29-30-31-32-33-34-35-36-37-38-39-41-43-45-47-49-51-53-55(56)57-54-52-50-48-46-44-42-40-20-18-16-14-12-10-8-6-4-2/h3-54H2,1-2H3. The summed E-state index contributed by atoms with van der Waals surface area (Å²) in [4.78, 5) is 12.1. The highest BCUT2D eigenvalue weighted by Crippen LogP contribution is 2.18. The zero-order chi connectivity index (χ0) is 41.1. The van der Waals surface area contributed by atoms with Crippen LogP contribution in [0.4, 0.5) is 0 Å². The predicted molar refractivity (Wildman–Crippen MR) is 258 cm³/mol. The summed E-state index contributed by atoms with van der Waals surface area (Å²) < 4.78 is 5.49. The third-order valence-corrected chi connectivity index (χ3v) is 13.0. The molecule has 0 fully saturated rings. The Morgan fingerprint density at radius 2 is 0.386 bits per heavy atom. The van der Waals surface area contributed by atoms with Gasteiger partial charge < -0.3 is 4.74 Å². The number of unbranched alkanes of at least 4 members (excludes halogenated alkanes) is 48. The van der Waals surface area contributed by atoms with Gasteiger partial charge >= 0.3 is 5.97 Å². The Morgan fingerprint density at radius 3 is 0.579 bits per heavy atom. The van der Waals surface area contributed by atoms with Crippen molar-refractivity contribution in [2.24, 2.45) is 0 Å². The Labute approximate surface area is 362 Å². The van der Waals surface area contributed by atoms with Gasteiger partial charge in [-0.3, -0.25) is 4.79 Å². The van der Waals surface area contributed by atoms with Crippen LogP contribution in [0.25, 0.3) is 0 Å². The van der Waals surface area contributed by atoms with E-state index in [0.717, 1.165) is 12.8 Å². The van der Waals surface area contributed by atoms with E-state index in [-0.39, 0.29) is 5.97 Å². The maximum Gasteiger partial charge on any atom is 0.305 e. The molecule has 0 rings (SSSR count). The van der Waals surface area contributed by atoms with Crippen LogP contribution in [0, 0.1) is 0 Å². The van der Waals surface area contributed by atoms with Crippen LogP contribution in [0.2, 0.25) is 0 Å². The van der Waals surface area contributed by atoms with Gasteiger partial charge in [0.15, 0.2) is 0 Å². The van der Waals surface area contributed by atoms with Gasteiger partial charge in [-0.25, -0.2) is 0 Å². The van der Waals surface area contributed by atoms with E-state index in [1.54, 1.807) is 0 Å². The van der Waals surface area contributed by atoms with E-state index in [9.17, 15) is 4.79 Å². The fraction of sp³-hybridized carbons (Fsp3) is 0.982. The topological polar surface area (TPSA) is 26.3 Å². The second kappa shape index (κ2) is 53.5. The van der Waals surface area contributed by atoms with Crippen molar-refractivity contribution in [3.05, 3.63) is 0 Å². The first-order valence-electron chi connectivity index (χ1n) is 27.5. The third-order valence-electron chi connectivity index (χ3n) is 13.0. The molecule has 0 aromatic carbocycles. The number of carbonyl (C=O) groups is 1. The fourth-order valence-corrected chi connectivity index (χ4v) is 8.91. The van der Waals surface area contributed by atoms with Crippen LogP contribution >= 0.6 is 0 Å². The first-order chi connectivity index (χ1) is 28.3. The Bertz CT molecular complexity index is 703. The quantitative estimate of drug-likeness (QED) is 0.0452. The number of hydrogen-bond acceptors (Lipinski definition) is 2.